The zero-order valence-electron chi connectivity index (χ0n) is 13.9. The highest BCUT2D eigenvalue weighted by molar-refractivity contribution is 5.50. The Morgan fingerprint density at radius 3 is 2.64 bits per heavy atom. The normalized spacial score (nSPS) is 15.4. The summed E-state index contributed by atoms with van der Waals surface area (Å²) in [4.78, 5) is 8.94. The van der Waals surface area contributed by atoms with Gasteiger partial charge in [0.1, 0.15) is 5.75 Å². The number of pyridine rings is 1. The van der Waals surface area contributed by atoms with E-state index < -0.39 is 0 Å². The molecular formula is C18H20N6O. The quantitative estimate of drug-likeness (QED) is 0.782. The van der Waals surface area contributed by atoms with Crippen molar-refractivity contribution in [3.8, 4) is 11.6 Å². The Kier molecular flexibility index (Phi) is 4.30. The van der Waals surface area contributed by atoms with E-state index in [4.69, 9.17) is 0 Å². The summed E-state index contributed by atoms with van der Waals surface area (Å²) in [5.41, 5.74) is 2.01. The van der Waals surface area contributed by atoms with E-state index in [2.05, 4.69) is 25.1 Å². The molecule has 1 N–H and O–H groups in total. The smallest absolute Gasteiger partial charge is 0.155 e. The fourth-order valence-electron chi connectivity index (χ4n) is 3.06. The number of hydrogen-bond acceptors (Lipinski definition) is 6. The van der Waals surface area contributed by atoms with Gasteiger partial charge in [-0.25, -0.2) is 9.67 Å². The monoisotopic (exact) mass is 336 g/mol. The van der Waals surface area contributed by atoms with Gasteiger partial charge in [-0.1, -0.05) is 17.3 Å². The predicted octanol–water partition coefficient (Wildman–Crippen LogP) is 1.69. The topological polar surface area (TPSA) is 70.3 Å². The molecule has 25 heavy (non-hydrogen) atoms. The number of hydrogen-bond donors (Lipinski definition) is 1. The lowest BCUT2D eigenvalue weighted by atomic mass is 10.2. The summed E-state index contributed by atoms with van der Waals surface area (Å²) in [6, 6.07) is 13.2. The van der Waals surface area contributed by atoms with Gasteiger partial charge < -0.3 is 10.0 Å². The minimum atomic E-state index is 0.311. The fourth-order valence-corrected chi connectivity index (χ4v) is 3.06. The van der Waals surface area contributed by atoms with Gasteiger partial charge in [-0.2, -0.15) is 0 Å². The Balaban J connectivity index is 1.35. The molecule has 1 saturated heterocycles. The van der Waals surface area contributed by atoms with Gasteiger partial charge in [0.05, 0.1) is 11.9 Å². The van der Waals surface area contributed by atoms with Crippen LogP contribution < -0.4 is 4.90 Å². The number of nitrogens with zero attached hydrogens (tertiary/aromatic N) is 6. The van der Waals surface area contributed by atoms with Gasteiger partial charge >= 0.3 is 0 Å². The highest BCUT2D eigenvalue weighted by Crippen LogP contribution is 2.21. The molecule has 128 valence electrons. The first kappa shape index (κ1) is 15.6. The number of aromatic nitrogens is 4. The largest absolute Gasteiger partial charge is 0.508 e. The van der Waals surface area contributed by atoms with E-state index in [1.165, 1.54) is 0 Å². The molecule has 0 bridgehead atoms. The molecule has 7 heteroatoms. The van der Waals surface area contributed by atoms with Crippen LogP contribution in [0.25, 0.3) is 5.82 Å². The second kappa shape index (κ2) is 6.90. The molecule has 0 amide bonds. The van der Waals surface area contributed by atoms with Crippen LogP contribution in [-0.4, -0.2) is 56.2 Å². The molecule has 1 aromatic carbocycles. The van der Waals surface area contributed by atoms with Gasteiger partial charge in [-0.3, -0.25) is 4.90 Å². The van der Waals surface area contributed by atoms with E-state index >= 15 is 0 Å². The minimum absolute atomic E-state index is 0.311. The summed E-state index contributed by atoms with van der Waals surface area (Å²) in [6.45, 7) is 4.54. The number of phenolic OH excluding ortho intramolecular Hbond substituents is 1. The molecule has 0 spiro atoms. The van der Waals surface area contributed by atoms with Crippen LogP contribution in [0, 0.1) is 0 Å². The van der Waals surface area contributed by atoms with Crippen molar-refractivity contribution in [2.75, 3.05) is 31.1 Å². The Labute approximate surface area is 146 Å². The van der Waals surface area contributed by atoms with Crippen molar-refractivity contribution in [3.63, 3.8) is 0 Å². The van der Waals surface area contributed by atoms with E-state index in [-0.39, 0.29) is 0 Å². The third-order valence-corrected chi connectivity index (χ3v) is 4.38. The number of piperazine rings is 1. The Bertz CT molecular complexity index is 826. The Hall–Kier alpha value is -2.93. The van der Waals surface area contributed by atoms with Crippen molar-refractivity contribution in [2.45, 2.75) is 6.54 Å². The van der Waals surface area contributed by atoms with Crippen molar-refractivity contribution >= 4 is 5.69 Å². The van der Waals surface area contributed by atoms with E-state index in [0.29, 0.717) is 5.75 Å². The first-order valence-electron chi connectivity index (χ1n) is 8.37. The third kappa shape index (κ3) is 3.61. The lowest BCUT2D eigenvalue weighted by molar-refractivity contribution is 0.247. The van der Waals surface area contributed by atoms with Crippen molar-refractivity contribution in [3.05, 3.63) is 60.6 Å². The van der Waals surface area contributed by atoms with E-state index in [1.54, 1.807) is 16.9 Å². The molecule has 0 aliphatic carbocycles. The van der Waals surface area contributed by atoms with Gasteiger partial charge in [0, 0.05) is 50.7 Å². The first-order chi connectivity index (χ1) is 12.3. The van der Waals surface area contributed by atoms with Gasteiger partial charge in [-0.05, 0) is 24.3 Å². The number of benzene rings is 1. The molecular weight excluding hydrogens is 316 g/mol. The minimum Gasteiger partial charge on any atom is -0.508 e. The molecule has 1 aliphatic heterocycles. The summed E-state index contributed by atoms with van der Waals surface area (Å²) in [7, 11) is 0. The van der Waals surface area contributed by atoms with Crippen LogP contribution in [0.3, 0.4) is 0 Å². The zero-order valence-corrected chi connectivity index (χ0v) is 13.9. The average molecular weight is 336 g/mol. The van der Waals surface area contributed by atoms with Gasteiger partial charge in [0.25, 0.3) is 0 Å². The Morgan fingerprint density at radius 2 is 1.88 bits per heavy atom. The van der Waals surface area contributed by atoms with Crippen molar-refractivity contribution in [2.24, 2.45) is 0 Å². The average Bonchev–Trinajstić information content (AvgIpc) is 3.12. The zero-order chi connectivity index (χ0) is 17.1. The summed E-state index contributed by atoms with van der Waals surface area (Å²) in [5, 5.41) is 18.1. The lowest BCUT2D eigenvalue weighted by Gasteiger charge is -2.35. The number of anilines is 1. The van der Waals surface area contributed by atoms with Crippen molar-refractivity contribution < 1.29 is 5.11 Å². The summed E-state index contributed by atoms with van der Waals surface area (Å²) < 4.78 is 1.71. The van der Waals surface area contributed by atoms with Gasteiger partial charge in [-0.15, -0.1) is 5.10 Å². The van der Waals surface area contributed by atoms with Crippen LogP contribution in [0.1, 0.15) is 5.69 Å². The fraction of sp³-hybridized carbons (Fsp3) is 0.278. The van der Waals surface area contributed by atoms with E-state index in [1.807, 2.05) is 42.6 Å². The van der Waals surface area contributed by atoms with Crippen LogP contribution in [0.4, 0.5) is 5.69 Å². The summed E-state index contributed by atoms with van der Waals surface area (Å²) >= 11 is 0. The van der Waals surface area contributed by atoms with Crippen molar-refractivity contribution in [1.82, 2.24) is 24.9 Å². The molecule has 2 aromatic heterocycles. The third-order valence-electron chi connectivity index (χ3n) is 4.38. The molecule has 4 rings (SSSR count). The van der Waals surface area contributed by atoms with E-state index in [9.17, 15) is 5.11 Å². The number of rotatable bonds is 4. The molecule has 3 heterocycles. The molecule has 0 atom stereocenters. The predicted molar refractivity (Wildman–Crippen MR) is 94.8 cm³/mol. The lowest BCUT2D eigenvalue weighted by Crippen LogP contribution is -2.46. The molecule has 1 aliphatic rings. The van der Waals surface area contributed by atoms with Crippen LogP contribution in [0.5, 0.6) is 5.75 Å². The standard InChI is InChI=1S/C18H20N6O/c25-17-5-3-4-16(12-17)23-10-8-22(9-11-23)13-15-14-24(21-20-15)18-6-1-2-7-19-18/h1-7,12,14,25H,8-11,13H2. The van der Waals surface area contributed by atoms with Crippen molar-refractivity contribution in [1.29, 1.82) is 0 Å². The number of aromatic hydroxyl groups is 1. The van der Waals surface area contributed by atoms with Crippen LogP contribution in [0.2, 0.25) is 0 Å². The first-order valence-corrected chi connectivity index (χ1v) is 8.37. The Morgan fingerprint density at radius 1 is 1.00 bits per heavy atom. The second-order valence-corrected chi connectivity index (χ2v) is 6.13. The molecule has 0 radical (unpaired) electrons. The maximum absolute atomic E-state index is 9.63. The molecule has 3 aromatic rings. The highest BCUT2D eigenvalue weighted by Gasteiger charge is 2.18. The maximum Gasteiger partial charge on any atom is 0.155 e. The maximum atomic E-state index is 9.63. The van der Waals surface area contributed by atoms with Crippen LogP contribution >= 0.6 is 0 Å². The molecule has 0 saturated carbocycles. The van der Waals surface area contributed by atoms with E-state index in [0.717, 1.165) is 49.9 Å². The van der Waals surface area contributed by atoms with Crippen LogP contribution in [-0.2, 0) is 6.54 Å². The second-order valence-electron chi connectivity index (χ2n) is 6.13. The number of phenols is 1. The van der Waals surface area contributed by atoms with Gasteiger partial charge in [0.15, 0.2) is 5.82 Å². The molecule has 7 nitrogen and oxygen atoms in total. The van der Waals surface area contributed by atoms with Gasteiger partial charge in [0.2, 0.25) is 0 Å². The van der Waals surface area contributed by atoms with Crippen LogP contribution in [0.15, 0.2) is 54.9 Å². The highest BCUT2D eigenvalue weighted by atomic mass is 16.3. The SMILES string of the molecule is Oc1cccc(N2CCN(Cc3cn(-c4ccccn4)nn3)CC2)c1. The summed E-state index contributed by atoms with van der Waals surface area (Å²) in [6.07, 6.45) is 3.68. The summed E-state index contributed by atoms with van der Waals surface area (Å²) in [5.74, 6) is 1.08. The molecule has 1 fully saturated rings. The molecule has 0 unspecified atom stereocenters.